The zero-order valence-corrected chi connectivity index (χ0v) is 16.2. The first-order valence-corrected chi connectivity index (χ1v) is 8.53. The Balaban J connectivity index is 2.18. The van der Waals surface area contributed by atoms with E-state index in [1.807, 2.05) is 19.1 Å². The molecule has 0 bridgehead atoms. The fourth-order valence-electron chi connectivity index (χ4n) is 2.37. The molecule has 0 saturated carbocycles. The Morgan fingerprint density at radius 1 is 1.24 bits per heavy atom. The molecule has 2 aromatic carbocycles. The zero-order chi connectivity index (χ0) is 18.6. The lowest BCUT2D eigenvalue weighted by molar-refractivity contribution is -0.0512. The maximum Gasteiger partial charge on any atom is 0.387 e. The van der Waals surface area contributed by atoms with Gasteiger partial charge in [-0.2, -0.15) is 8.78 Å². The van der Waals surface area contributed by atoms with E-state index in [1.165, 1.54) is 13.2 Å². The Kier molecular flexibility index (Phi) is 6.57. The Morgan fingerprint density at radius 2 is 1.96 bits per heavy atom. The predicted molar refractivity (Wildman–Crippen MR) is 99.3 cm³/mol. The summed E-state index contributed by atoms with van der Waals surface area (Å²) in [6.45, 7) is -0.660. The number of halogens is 3. The van der Waals surface area contributed by atoms with Crippen LogP contribution in [-0.2, 0) is 6.54 Å². The SMILES string of the molecule is COc1cc(CN(C)C(=O)c2cccc(C)c2I)ccc1OC(F)F. The number of carbonyl (C=O) groups is 1. The number of methoxy groups -OCH3 is 1. The maximum absolute atomic E-state index is 12.7. The smallest absolute Gasteiger partial charge is 0.387 e. The number of hydrogen-bond donors (Lipinski definition) is 0. The molecule has 25 heavy (non-hydrogen) atoms. The number of aryl methyl sites for hydroxylation is 1. The quantitative estimate of drug-likeness (QED) is 0.596. The number of alkyl halides is 2. The van der Waals surface area contributed by atoms with Gasteiger partial charge in [-0.05, 0) is 58.8 Å². The molecule has 7 heteroatoms. The van der Waals surface area contributed by atoms with Crippen molar-refractivity contribution in [1.29, 1.82) is 0 Å². The van der Waals surface area contributed by atoms with E-state index in [-0.39, 0.29) is 17.4 Å². The van der Waals surface area contributed by atoms with Gasteiger partial charge < -0.3 is 14.4 Å². The highest BCUT2D eigenvalue weighted by Gasteiger charge is 2.17. The first-order valence-electron chi connectivity index (χ1n) is 7.45. The van der Waals surface area contributed by atoms with E-state index in [4.69, 9.17) is 4.74 Å². The molecule has 0 aliphatic carbocycles. The van der Waals surface area contributed by atoms with E-state index in [9.17, 15) is 13.6 Å². The van der Waals surface area contributed by atoms with Crippen LogP contribution < -0.4 is 9.47 Å². The predicted octanol–water partition coefficient (Wildman–Crippen LogP) is 4.48. The molecule has 0 unspecified atom stereocenters. The summed E-state index contributed by atoms with van der Waals surface area (Å²) in [5.74, 6) is 0.0484. The normalized spacial score (nSPS) is 10.7. The minimum absolute atomic E-state index is 0.0385. The fraction of sp³-hybridized carbons (Fsp3) is 0.278. The van der Waals surface area contributed by atoms with Crippen LogP contribution >= 0.6 is 22.6 Å². The van der Waals surface area contributed by atoms with Crippen molar-refractivity contribution in [3.05, 3.63) is 56.7 Å². The molecule has 0 atom stereocenters. The summed E-state index contributed by atoms with van der Waals surface area (Å²) in [5.41, 5.74) is 2.42. The largest absolute Gasteiger partial charge is 0.493 e. The molecule has 0 heterocycles. The van der Waals surface area contributed by atoms with Crippen molar-refractivity contribution < 1.29 is 23.0 Å². The molecule has 2 rings (SSSR count). The Bertz CT molecular complexity index is 768. The molecular formula is C18H18F2INO3. The van der Waals surface area contributed by atoms with Crippen molar-refractivity contribution in [2.24, 2.45) is 0 Å². The van der Waals surface area contributed by atoms with Crippen LogP contribution in [0.1, 0.15) is 21.5 Å². The second-order valence-corrected chi connectivity index (χ2v) is 6.54. The average Bonchev–Trinajstić information content (AvgIpc) is 2.57. The minimum Gasteiger partial charge on any atom is -0.493 e. The van der Waals surface area contributed by atoms with E-state index in [2.05, 4.69) is 27.3 Å². The minimum atomic E-state index is -2.92. The second-order valence-electron chi connectivity index (χ2n) is 5.46. The third-order valence-electron chi connectivity index (χ3n) is 3.63. The number of rotatable bonds is 6. The van der Waals surface area contributed by atoms with Crippen molar-refractivity contribution in [2.75, 3.05) is 14.2 Å². The van der Waals surface area contributed by atoms with Gasteiger partial charge in [-0.25, -0.2) is 0 Å². The van der Waals surface area contributed by atoms with Gasteiger partial charge in [0, 0.05) is 17.2 Å². The molecule has 2 aromatic rings. The number of ether oxygens (including phenoxy) is 2. The van der Waals surface area contributed by atoms with E-state index in [0.29, 0.717) is 12.1 Å². The molecule has 0 radical (unpaired) electrons. The van der Waals surface area contributed by atoms with Crippen LogP contribution in [0.3, 0.4) is 0 Å². The summed E-state index contributed by atoms with van der Waals surface area (Å²) in [6, 6.07) is 10.2. The van der Waals surface area contributed by atoms with Crippen LogP contribution in [0.15, 0.2) is 36.4 Å². The third-order valence-corrected chi connectivity index (χ3v) is 5.06. The first-order chi connectivity index (χ1) is 11.8. The Hall–Kier alpha value is -1.90. The number of hydrogen-bond acceptors (Lipinski definition) is 3. The van der Waals surface area contributed by atoms with Crippen LogP contribution in [0.4, 0.5) is 8.78 Å². The van der Waals surface area contributed by atoms with Crippen LogP contribution in [-0.4, -0.2) is 31.6 Å². The molecule has 1 amide bonds. The van der Waals surface area contributed by atoms with Gasteiger partial charge in [0.15, 0.2) is 11.5 Å². The third kappa shape index (κ3) is 4.81. The summed E-state index contributed by atoms with van der Waals surface area (Å²) in [6.07, 6.45) is 0. The molecule has 4 nitrogen and oxygen atoms in total. The van der Waals surface area contributed by atoms with Crippen molar-refractivity contribution in [2.45, 2.75) is 20.1 Å². The van der Waals surface area contributed by atoms with Crippen molar-refractivity contribution in [3.8, 4) is 11.5 Å². The van der Waals surface area contributed by atoms with E-state index >= 15 is 0 Å². The van der Waals surface area contributed by atoms with Crippen LogP contribution in [0.2, 0.25) is 0 Å². The van der Waals surface area contributed by atoms with Crippen molar-refractivity contribution in [1.82, 2.24) is 4.90 Å². The van der Waals surface area contributed by atoms with Gasteiger partial charge in [-0.15, -0.1) is 0 Å². The van der Waals surface area contributed by atoms with E-state index < -0.39 is 6.61 Å². The molecule has 0 saturated heterocycles. The Labute approximate surface area is 158 Å². The number of nitrogens with zero attached hydrogens (tertiary/aromatic N) is 1. The first kappa shape index (κ1) is 19.4. The lowest BCUT2D eigenvalue weighted by Crippen LogP contribution is -2.27. The Morgan fingerprint density at radius 3 is 2.60 bits per heavy atom. The van der Waals surface area contributed by atoms with Gasteiger partial charge in [-0.3, -0.25) is 4.79 Å². The van der Waals surface area contributed by atoms with E-state index in [0.717, 1.165) is 14.7 Å². The standard InChI is InChI=1S/C18H18F2INO3/c1-11-5-4-6-13(16(11)21)17(23)22(2)10-12-7-8-14(25-18(19)20)15(9-12)24-3/h4-9,18H,10H2,1-3H3. The summed E-state index contributed by atoms with van der Waals surface area (Å²) in [5, 5.41) is 0. The van der Waals surface area contributed by atoms with E-state index in [1.54, 1.807) is 30.1 Å². The van der Waals surface area contributed by atoms with Crippen LogP contribution in [0.5, 0.6) is 11.5 Å². The number of benzene rings is 2. The van der Waals surface area contributed by atoms with Crippen LogP contribution in [0.25, 0.3) is 0 Å². The highest BCUT2D eigenvalue weighted by Crippen LogP contribution is 2.30. The van der Waals surface area contributed by atoms with Crippen LogP contribution in [0, 0.1) is 10.5 Å². The average molecular weight is 461 g/mol. The summed E-state index contributed by atoms with van der Waals surface area (Å²) < 4.78 is 35.2. The summed E-state index contributed by atoms with van der Waals surface area (Å²) in [7, 11) is 3.07. The monoisotopic (exact) mass is 461 g/mol. The maximum atomic E-state index is 12.7. The molecule has 0 N–H and O–H groups in total. The zero-order valence-electron chi connectivity index (χ0n) is 14.1. The fourth-order valence-corrected chi connectivity index (χ4v) is 2.96. The summed E-state index contributed by atoms with van der Waals surface area (Å²) in [4.78, 5) is 14.2. The lowest BCUT2D eigenvalue weighted by atomic mass is 10.1. The van der Waals surface area contributed by atoms with Gasteiger partial charge in [0.2, 0.25) is 0 Å². The number of carbonyl (C=O) groups excluding carboxylic acids is 1. The molecule has 0 aromatic heterocycles. The van der Waals surface area contributed by atoms with Gasteiger partial charge in [0.25, 0.3) is 5.91 Å². The van der Waals surface area contributed by atoms with Gasteiger partial charge >= 0.3 is 6.61 Å². The molecule has 0 spiro atoms. The van der Waals surface area contributed by atoms with Crippen molar-refractivity contribution in [3.63, 3.8) is 0 Å². The molecule has 0 aliphatic heterocycles. The van der Waals surface area contributed by atoms with Gasteiger partial charge in [-0.1, -0.05) is 18.2 Å². The lowest BCUT2D eigenvalue weighted by Gasteiger charge is -2.19. The molecule has 0 fully saturated rings. The van der Waals surface area contributed by atoms with Crippen molar-refractivity contribution >= 4 is 28.5 Å². The second kappa shape index (κ2) is 8.46. The molecular weight excluding hydrogens is 443 g/mol. The summed E-state index contributed by atoms with van der Waals surface area (Å²) >= 11 is 2.16. The molecule has 134 valence electrons. The van der Waals surface area contributed by atoms with Gasteiger partial charge in [0.1, 0.15) is 0 Å². The topological polar surface area (TPSA) is 38.8 Å². The highest BCUT2D eigenvalue weighted by atomic mass is 127. The molecule has 0 aliphatic rings. The number of amides is 1. The van der Waals surface area contributed by atoms with Gasteiger partial charge in [0.05, 0.1) is 12.7 Å². The highest BCUT2D eigenvalue weighted by molar-refractivity contribution is 14.1.